The van der Waals surface area contributed by atoms with Crippen molar-refractivity contribution in [1.29, 1.82) is 0 Å². The van der Waals surface area contributed by atoms with Gasteiger partial charge in [0.1, 0.15) is 5.02 Å². The van der Waals surface area contributed by atoms with Crippen molar-refractivity contribution in [2.75, 3.05) is 10.6 Å². The number of hydrogen-bond donors (Lipinski definition) is 2. The standard InChI is InChI=1S/C16H23ClN4/c1-4-12(9-11(2)3)20-16-18-10-14(17)15(21-16)19-13-7-5-6-8-13/h4,9-11,13H,1,5-8H2,2-3H3,(H2,18,19,20,21)/b12-9+. The summed E-state index contributed by atoms with van der Waals surface area (Å²) in [7, 11) is 0. The molecule has 114 valence electrons. The number of aromatic nitrogens is 2. The van der Waals surface area contributed by atoms with Crippen LogP contribution in [0.1, 0.15) is 39.5 Å². The van der Waals surface area contributed by atoms with Crippen LogP contribution in [-0.4, -0.2) is 16.0 Å². The number of halogens is 1. The average molecular weight is 307 g/mol. The van der Waals surface area contributed by atoms with Crippen molar-refractivity contribution in [3.63, 3.8) is 0 Å². The third kappa shape index (κ3) is 4.74. The van der Waals surface area contributed by atoms with Gasteiger partial charge in [-0.25, -0.2) is 4.98 Å². The Morgan fingerprint density at radius 2 is 2.14 bits per heavy atom. The second kappa shape index (κ2) is 7.46. The Bertz CT molecular complexity index is 519. The summed E-state index contributed by atoms with van der Waals surface area (Å²) in [5.74, 6) is 1.66. The van der Waals surface area contributed by atoms with Crippen LogP contribution in [0.4, 0.5) is 11.8 Å². The maximum atomic E-state index is 6.18. The SMILES string of the molecule is C=C/C(=C\C(C)C)Nc1ncc(Cl)c(NC2CCCC2)n1. The Morgan fingerprint density at radius 1 is 1.43 bits per heavy atom. The van der Waals surface area contributed by atoms with Gasteiger partial charge >= 0.3 is 0 Å². The quantitative estimate of drug-likeness (QED) is 0.753. The van der Waals surface area contributed by atoms with E-state index in [2.05, 4.69) is 47.1 Å². The largest absolute Gasteiger partial charge is 0.366 e. The highest BCUT2D eigenvalue weighted by molar-refractivity contribution is 6.32. The molecule has 1 heterocycles. The molecule has 0 bridgehead atoms. The van der Waals surface area contributed by atoms with Crippen molar-refractivity contribution < 1.29 is 0 Å². The molecule has 1 saturated carbocycles. The summed E-state index contributed by atoms with van der Waals surface area (Å²) in [6.07, 6.45) is 10.4. The van der Waals surface area contributed by atoms with Gasteiger partial charge in [0.15, 0.2) is 5.82 Å². The molecule has 5 heteroatoms. The van der Waals surface area contributed by atoms with E-state index in [1.54, 1.807) is 12.3 Å². The van der Waals surface area contributed by atoms with Crippen LogP contribution in [0.3, 0.4) is 0 Å². The number of rotatable bonds is 6. The van der Waals surface area contributed by atoms with Crippen LogP contribution in [0.5, 0.6) is 0 Å². The van der Waals surface area contributed by atoms with E-state index in [0.717, 1.165) is 5.70 Å². The minimum atomic E-state index is 0.425. The van der Waals surface area contributed by atoms with Crippen molar-refractivity contribution in [1.82, 2.24) is 9.97 Å². The predicted molar refractivity (Wildman–Crippen MR) is 89.7 cm³/mol. The van der Waals surface area contributed by atoms with E-state index in [1.165, 1.54) is 25.7 Å². The lowest BCUT2D eigenvalue weighted by atomic mass is 10.2. The van der Waals surface area contributed by atoms with Gasteiger partial charge in [0, 0.05) is 11.7 Å². The van der Waals surface area contributed by atoms with Gasteiger partial charge in [0.05, 0.1) is 6.20 Å². The zero-order valence-electron chi connectivity index (χ0n) is 12.7. The van der Waals surface area contributed by atoms with Crippen LogP contribution in [0.15, 0.2) is 30.6 Å². The van der Waals surface area contributed by atoms with Crippen molar-refractivity contribution >= 4 is 23.4 Å². The Hall–Kier alpha value is -1.55. The first-order valence-electron chi connectivity index (χ1n) is 7.49. The fourth-order valence-electron chi connectivity index (χ4n) is 2.44. The third-order valence-electron chi connectivity index (χ3n) is 3.43. The highest BCUT2D eigenvalue weighted by Gasteiger charge is 2.17. The van der Waals surface area contributed by atoms with E-state index in [4.69, 9.17) is 11.6 Å². The highest BCUT2D eigenvalue weighted by Crippen LogP contribution is 2.26. The van der Waals surface area contributed by atoms with Gasteiger partial charge in [0.25, 0.3) is 0 Å². The van der Waals surface area contributed by atoms with Gasteiger partial charge in [-0.2, -0.15) is 4.98 Å². The molecule has 0 unspecified atom stereocenters. The molecule has 0 amide bonds. The van der Waals surface area contributed by atoms with Gasteiger partial charge in [-0.1, -0.05) is 50.9 Å². The number of hydrogen-bond acceptors (Lipinski definition) is 4. The average Bonchev–Trinajstić information content (AvgIpc) is 2.94. The Labute approximate surface area is 131 Å². The molecule has 1 aromatic rings. The Morgan fingerprint density at radius 3 is 2.76 bits per heavy atom. The minimum absolute atomic E-state index is 0.425. The molecule has 1 aromatic heterocycles. The molecule has 2 rings (SSSR count). The summed E-state index contributed by atoms with van der Waals surface area (Å²) < 4.78 is 0. The van der Waals surface area contributed by atoms with E-state index < -0.39 is 0 Å². The molecule has 21 heavy (non-hydrogen) atoms. The van der Waals surface area contributed by atoms with Crippen LogP contribution in [0, 0.1) is 5.92 Å². The molecule has 0 atom stereocenters. The van der Waals surface area contributed by atoms with Crippen LogP contribution < -0.4 is 10.6 Å². The zero-order valence-corrected chi connectivity index (χ0v) is 13.5. The van der Waals surface area contributed by atoms with Crippen molar-refractivity contribution in [2.24, 2.45) is 5.92 Å². The second-order valence-electron chi connectivity index (χ2n) is 5.71. The first kappa shape index (κ1) is 15.8. The topological polar surface area (TPSA) is 49.8 Å². The third-order valence-corrected chi connectivity index (χ3v) is 3.71. The first-order chi connectivity index (χ1) is 10.1. The normalized spacial score (nSPS) is 16.3. The summed E-state index contributed by atoms with van der Waals surface area (Å²) in [4.78, 5) is 8.70. The number of nitrogens with one attached hydrogen (secondary N) is 2. The molecule has 1 aliphatic carbocycles. The van der Waals surface area contributed by atoms with Gasteiger partial charge < -0.3 is 10.6 Å². The highest BCUT2D eigenvalue weighted by atomic mass is 35.5. The lowest BCUT2D eigenvalue weighted by Gasteiger charge is -2.15. The summed E-state index contributed by atoms with van der Waals surface area (Å²) in [5.41, 5.74) is 0.902. The second-order valence-corrected chi connectivity index (χ2v) is 6.12. The van der Waals surface area contributed by atoms with E-state index in [9.17, 15) is 0 Å². The summed E-state index contributed by atoms with van der Waals surface area (Å²) in [5, 5.41) is 7.14. The van der Waals surface area contributed by atoms with Gasteiger partial charge in [-0.05, 0) is 24.8 Å². The molecule has 4 nitrogen and oxygen atoms in total. The first-order valence-corrected chi connectivity index (χ1v) is 7.86. The fourth-order valence-corrected chi connectivity index (χ4v) is 2.59. The fraction of sp³-hybridized carbons (Fsp3) is 0.500. The van der Waals surface area contributed by atoms with Crippen LogP contribution >= 0.6 is 11.6 Å². The summed E-state index contributed by atoms with van der Waals surface area (Å²) in [6, 6.07) is 0.468. The predicted octanol–water partition coefficient (Wildman–Crippen LogP) is 4.62. The zero-order chi connectivity index (χ0) is 15.2. The monoisotopic (exact) mass is 306 g/mol. The number of allylic oxidation sites excluding steroid dienone is 2. The maximum absolute atomic E-state index is 6.18. The van der Waals surface area contributed by atoms with Crippen LogP contribution in [0.2, 0.25) is 5.02 Å². The molecule has 0 saturated heterocycles. The molecular formula is C16H23ClN4. The lowest BCUT2D eigenvalue weighted by molar-refractivity contribution is 0.750. The van der Waals surface area contributed by atoms with E-state index in [-0.39, 0.29) is 0 Å². The smallest absolute Gasteiger partial charge is 0.229 e. The van der Waals surface area contributed by atoms with Gasteiger partial charge in [0.2, 0.25) is 5.95 Å². The number of nitrogens with zero attached hydrogens (tertiary/aromatic N) is 2. The molecule has 2 N–H and O–H groups in total. The van der Waals surface area contributed by atoms with Crippen molar-refractivity contribution in [2.45, 2.75) is 45.6 Å². The van der Waals surface area contributed by atoms with Crippen LogP contribution in [0.25, 0.3) is 0 Å². The summed E-state index contributed by atoms with van der Waals surface area (Å²) >= 11 is 6.18. The number of anilines is 2. The minimum Gasteiger partial charge on any atom is -0.366 e. The molecule has 1 aliphatic rings. The van der Waals surface area contributed by atoms with E-state index in [1.807, 2.05) is 0 Å². The molecule has 0 aromatic carbocycles. The Kier molecular flexibility index (Phi) is 5.62. The van der Waals surface area contributed by atoms with Crippen LogP contribution in [-0.2, 0) is 0 Å². The molecule has 1 fully saturated rings. The van der Waals surface area contributed by atoms with E-state index in [0.29, 0.717) is 28.7 Å². The Balaban J connectivity index is 2.11. The molecule has 0 radical (unpaired) electrons. The van der Waals surface area contributed by atoms with Gasteiger partial charge in [-0.3, -0.25) is 0 Å². The van der Waals surface area contributed by atoms with Crippen molar-refractivity contribution in [3.05, 3.63) is 35.6 Å². The maximum Gasteiger partial charge on any atom is 0.229 e. The molecule has 0 spiro atoms. The van der Waals surface area contributed by atoms with Gasteiger partial charge in [-0.15, -0.1) is 0 Å². The van der Waals surface area contributed by atoms with Crippen molar-refractivity contribution in [3.8, 4) is 0 Å². The molecular weight excluding hydrogens is 284 g/mol. The molecule has 0 aliphatic heterocycles. The van der Waals surface area contributed by atoms with E-state index >= 15 is 0 Å². The lowest BCUT2D eigenvalue weighted by Crippen LogP contribution is -2.16. The summed E-state index contributed by atoms with van der Waals surface area (Å²) in [6.45, 7) is 8.03.